The van der Waals surface area contributed by atoms with Crippen LogP contribution < -0.4 is 0 Å². The average molecular weight is 142 g/mol. The number of hydrogen-bond donors (Lipinski definition) is 1. The molecule has 0 aromatic rings. The lowest BCUT2D eigenvalue weighted by Gasteiger charge is -1.89. The fraction of sp³-hybridized carbons (Fsp3) is 0.714. The van der Waals surface area contributed by atoms with Crippen LogP contribution >= 0.6 is 0 Å². The van der Waals surface area contributed by atoms with Gasteiger partial charge in [-0.2, -0.15) is 0 Å². The average Bonchev–Trinajstić information content (AvgIpc) is 2.64. The monoisotopic (exact) mass is 142 g/mol. The van der Waals surface area contributed by atoms with Gasteiger partial charge in [-0.1, -0.05) is 6.92 Å². The molecule has 0 unspecified atom stereocenters. The van der Waals surface area contributed by atoms with Crippen LogP contribution in [0, 0.1) is 11.8 Å². The van der Waals surface area contributed by atoms with E-state index in [2.05, 4.69) is 0 Å². The van der Waals surface area contributed by atoms with Crippen molar-refractivity contribution >= 4 is 11.8 Å². The molecule has 0 aromatic carbocycles. The maximum absolute atomic E-state index is 10.8. The third kappa shape index (κ3) is 1.17. The largest absolute Gasteiger partial charge is 0.481 e. The molecule has 0 heterocycles. The van der Waals surface area contributed by atoms with Gasteiger partial charge >= 0.3 is 5.97 Å². The predicted molar refractivity (Wildman–Crippen MR) is 34.5 cm³/mol. The minimum absolute atomic E-state index is 0.0902. The lowest BCUT2D eigenvalue weighted by Crippen LogP contribution is -2.06. The minimum atomic E-state index is -0.827. The fourth-order valence-corrected chi connectivity index (χ4v) is 1.09. The normalized spacial score (nSPS) is 29.7. The Bertz CT molecular complexity index is 174. The van der Waals surface area contributed by atoms with Crippen LogP contribution in [0.15, 0.2) is 0 Å². The first-order valence-corrected chi connectivity index (χ1v) is 3.42. The van der Waals surface area contributed by atoms with Crippen molar-refractivity contribution in [3.8, 4) is 0 Å². The summed E-state index contributed by atoms with van der Waals surface area (Å²) in [4.78, 5) is 21.1. The molecule has 0 spiro atoms. The highest BCUT2D eigenvalue weighted by atomic mass is 16.4. The van der Waals surface area contributed by atoms with E-state index in [0.29, 0.717) is 12.8 Å². The van der Waals surface area contributed by atoms with Crippen LogP contribution in [0.3, 0.4) is 0 Å². The first-order chi connectivity index (χ1) is 4.66. The minimum Gasteiger partial charge on any atom is -0.481 e. The summed E-state index contributed by atoms with van der Waals surface area (Å²) < 4.78 is 0. The molecule has 56 valence electrons. The van der Waals surface area contributed by atoms with Crippen LogP contribution in [0.5, 0.6) is 0 Å². The summed E-state index contributed by atoms with van der Waals surface area (Å²) in [5.74, 6) is -1.27. The first kappa shape index (κ1) is 7.25. The highest BCUT2D eigenvalue weighted by molar-refractivity contribution is 5.90. The van der Waals surface area contributed by atoms with E-state index in [9.17, 15) is 9.59 Å². The summed E-state index contributed by atoms with van der Waals surface area (Å²) in [6.07, 6.45) is 1.02. The van der Waals surface area contributed by atoms with Crippen LogP contribution in [-0.2, 0) is 9.59 Å². The van der Waals surface area contributed by atoms with Gasteiger partial charge in [-0.05, 0) is 6.42 Å². The van der Waals surface area contributed by atoms with Gasteiger partial charge in [0.15, 0.2) is 0 Å². The van der Waals surface area contributed by atoms with Crippen LogP contribution in [0.2, 0.25) is 0 Å². The number of carboxylic acid groups (broad SMARTS) is 1. The van der Waals surface area contributed by atoms with E-state index in [-0.39, 0.29) is 17.6 Å². The highest BCUT2D eigenvalue weighted by Crippen LogP contribution is 2.39. The Morgan fingerprint density at radius 1 is 1.50 bits per heavy atom. The van der Waals surface area contributed by atoms with Gasteiger partial charge < -0.3 is 5.11 Å². The number of Topliss-reactive ketones (excluding diaryl/α,β-unsaturated/α-hetero) is 1. The second-order valence-electron chi connectivity index (χ2n) is 2.61. The second-order valence-corrected chi connectivity index (χ2v) is 2.61. The van der Waals surface area contributed by atoms with Gasteiger partial charge in [0.2, 0.25) is 0 Å². The van der Waals surface area contributed by atoms with Crippen LogP contribution in [0.1, 0.15) is 19.8 Å². The molecule has 0 aliphatic heterocycles. The Balaban J connectivity index is 2.38. The van der Waals surface area contributed by atoms with E-state index in [0.717, 1.165) is 0 Å². The zero-order chi connectivity index (χ0) is 7.72. The number of rotatable bonds is 3. The Morgan fingerprint density at radius 2 is 2.10 bits per heavy atom. The lowest BCUT2D eigenvalue weighted by molar-refractivity contribution is -0.140. The summed E-state index contributed by atoms with van der Waals surface area (Å²) in [5.41, 5.74) is 0. The molecule has 1 rings (SSSR count). The first-order valence-electron chi connectivity index (χ1n) is 3.42. The molecule has 0 amide bonds. The van der Waals surface area contributed by atoms with Crippen molar-refractivity contribution in [3.05, 3.63) is 0 Å². The molecule has 1 aliphatic carbocycles. The van der Waals surface area contributed by atoms with Gasteiger partial charge in [0.05, 0.1) is 5.92 Å². The van der Waals surface area contributed by atoms with Crippen molar-refractivity contribution in [2.75, 3.05) is 0 Å². The fourth-order valence-electron chi connectivity index (χ4n) is 1.09. The Kier molecular flexibility index (Phi) is 1.74. The number of hydrogen-bond acceptors (Lipinski definition) is 2. The Hall–Kier alpha value is -0.860. The van der Waals surface area contributed by atoms with E-state index in [1.807, 2.05) is 0 Å². The molecular formula is C7H10O3. The van der Waals surface area contributed by atoms with E-state index < -0.39 is 5.97 Å². The number of carbonyl (C=O) groups excluding carboxylic acids is 1. The Morgan fingerprint density at radius 3 is 2.40 bits per heavy atom. The summed E-state index contributed by atoms with van der Waals surface area (Å²) in [5, 5.41) is 8.42. The summed E-state index contributed by atoms with van der Waals surface area (Å²) >= 11 is 0. The summed E-state index contributed by atoms with van der Waals surface area (Å²) in [6, 6.07) is 0. The maximum Gasteiger partial charge on any atom is 0.307 e. The van der Waals surface area contributed by atoms with E-state index in [4.69, 9.17) is 5.11 Å². The SMILES string of the molecule is CCC(=O)[C@H]1C[C@H]1C(=O)O. The molecule has 1 aliphatic rings. The Labute approximate surface area is 59.0 Å². The van der Waals surface area contributed by atoms with E-state index in [1.165, 1.54) is 0 Å². The number of carbonyl (C=O) groups is 2. The van der Waals surface area contributed by atoms with Crippen molar-refractivity contribution in [1.82, 2.24) is 0 Å². The molecule has 1 saturated carbocycles. The van der Waals surface area contributed by atoms with Crippen molar-refractivity contribution < 1.29 is 14.7 Å². The maximum atomic E-state index is 10.8. The summed E-state index contributed by atoms with van der Waals surface area (Å²) in [6.45, 7) is 1.76. The van der Waals surface area contributed by atoms with Gasteiger partial charge in [0, 0.05) is 12.3 Å². The molecule has 1 N–H and O–H groups in total. The molecule has 1 fully saturated rings. The topological polar surface area (TPSA) is 54.4 Å². The van der Waals surface area contributed by atoms with Crippen LogP contribution in [0.4, 0.5) is 0 Å². The van der Waals surface area contributed by atoms with Crippen molar-refractivity contribution in [2.45, 2.75) is 19.8 Å². The second kappa shape index (κ2) is 2.40. The van der Waals surface area contributed by atoms with Crippen LogP contribution in [-0.4, -0.2) is 16.9 Å². The molecule has 0 bridgehead atoms. The van der Waals surface area contributed by atoms with Crippen molar-refractivity contribution in [1.29, 1.82) is 0 Å². The third-order valence-corrected chi connectivity index (χ3v) is 1.87. The molecule has 2 atom stereocenters. The van der Waals surface area contributed by atoms with E-state index in [1.54, 1.807) is 6.92 Å². The molecule has 0 saturated heterocycles. The predicted octanol–water partition coefficient (Wildman–Crippen LogP) is 0.686. The van der Waals surface area contributed by atoms with Gasteiger partial charge in [-0.25, -0.2) is 0 Å². The lowest BCUT2D eigenvalue weighted by atomic mass is 10.2. The third-order valence-electron chi connectivity index (χ3n) is 1.87. The molecule has 10 heavy (non-hydrogen) atoms. The van der Waals surface area contributed by atoms with E-state index >= 15 is 0 Å². The van der Waals surface area contributed by atoms with Gasteiger partial charge in [0.1, 0.15) is 5.78 Å². The molecule has 3 heteroatoms. The number of aliphatic carboxylic acids is 1. The molecule has 0 aromatic heterocycles. The summed E-state index contributed by atoms with van der Waals surface area (Å²) in [7, 11) is 0. The molecule has 0 radical (unpaired) electrons. The zero-order valence-electron chi connectivity index (χ0n) is 5.83. The standard InChI is InChI=1S/C7H10O3/c1-2-6(8)4-3-5(4)7(9)10/h4-5H,2-3H2,1H3,(H,9,10)/t4-,5+/m0/s1. The number of carboxylic acids is 1. The van der Waals surface area contributed by atoms with Gasteiger partial charge in [0.25, 0.3) is 0 Å². The number of ketones is 1. The molecule has 3 nitrogen and oxygen atoms in total. The zero-order valence-corrected chi connectivity index (χ0v) is 5.83. The van der Waals surface area contributed by atoms with Gasteiger partial charge in [-0.15, -0.1) is 0 Å². The highest BCUT2D eigenvalue weighted by Gasteiger charge is 2.46. The smallest absolute Gasteiger partial charge is 0.307 e. The van der Waals surface area contributed by atoms with Crippen LogP contribution in [0.25, 0.3) is 0 Å². The van der Waals surface area contributed by atoms with Crippen molar-refractivity contribution in [2.24, 2.45) is 11.8 Å². The quantitative estimate of drug-likeness (QED) is 0.630. The molecular weight excluding hydrogens is 132 g/mol. The van der Waals surface area contributed by atoms with Crippen molar-refractivity contribution in [3.63, 3.8) is 0 Å². The van der Waals surface area contributed by atoms with Gasteiger partial charge in [-0.3, -0.25) is 9.59 Å².